The fourth-order valence-corrected chi connectivity index (χ4v) is 3.45. The van der Waals surface area contributed by atoms with Crippen LogP contribution in [0.1, 0.15) is 30.9 Å². The Hall–Kier alpha value is -2.73. The highest BCUT2D eigenvalue weighted by molar-refractivity contribution is 7.22. The summed E-state index contributed by atoms with van der Waals surface area (Å²) in [4.78, 5) is 28.0. The van der Waals surface area contributed by atoms with Crippen molar-refractivity contribution in [3.63, 3.8) is 0 Å². The molecule has 0 saturated carbocycles. The second-order valence-corrected chi connectivity index (χ2v) is 7.17. The molecule has 134 valence electrons. The van der Waals surface area contributed by atoms with E-state index in [2.05, 4.69) is 15.6 Å². The second kappa shape index (κ2) is 8.10. The van der Waals surface area contributed by atoms with E-state index in [1.165, 1.54) is 11.3 Å². The first-order valence-electron chi connectivity index (χ1n) is 8.59. The molecule has 0 bridgehead atoms. The first-order valence-corrected chi connectivity index (χ1v) is 9.41. The van der Waals surface area contributed by atoms with Gasteiger partial charge in [0.15, 0.2) is 5.13 Å². The highest BCUT2D eigenvalue weighted by atomic mass is 32.1. The number of amides is 2. The largest absolute Gasteiger partial charge is 0.326 e. The molecule has 0 radical (unpaired) electrons. The van der Waals surface area contributed by atoms with E-state index in [9.17, 15) is 9.59 Å². The molecule has 1 aromatic heterocycles. The SMILES string of the molecule is CCC(=O)Nc1nc2ccc(CCC(=O)Nc3ccc(C)cc3)cc2s1. The minimum atomic E-state index is -0.0444. The van der Waals surface area contributed by atoms with Crippen molar-refractivity contribution in [1.82, 2.24) is 4.98 Å². The number of nitrogens with zero attached hydrogens (tertiary/aromatic N) is 1. The lowest BCUT2D eigenvalue weighted by Crippen LogP contribution is -2.12. The number of hydrogen-bond donors (Lipinski definition) is 2. The first kappa shape index (κ1) is 18.1. The number of nitrogens with one attached hydrogen (secondary N) is 2. The van der Waals surface area contributed by atoms with Crippen molar-refractivity contribution in [2.75, 3.05) is 10.6 Å². The van der Waals surface area contributed by atoms with Gasteiger partial charge in [-0.15, -0.1) is 0 Å². The fourth-order valence-electron chi connectivity index (χ4n) is 2.50. The number of carbonyl (C=O) groups is 2. The van der Waals surface area contributed by atoms with Crippen LogP contribution < -0.4 is 10.6 Å². The average Bonchev–Trinajstić information content (AvgIpc) is 3.03. The van der Waals surface area contributed by atoms with Crippen molar-refractivity contribution >= 4 is 44.2 Å². The van der Waals surface area contributed by atoms with Gasteiger partial charge in [0, 0.05) is 18.5 Å². The van der Waals surface area contributed by atoms with Crippen LogP contribution in [0.5, 0.6) is 0 Å². The topological polar surface area (TPSA) is 71.1 Å². The molecule has 0 aliphatic rings. The van der Waals surface area contributed by atoms with Gasteiger partial charge in [-0.3, -0.25) is 9.59 Å². The zero-order valence-corrected chi connectivity index (χ0v) is 15.7. The van der Waals surface area contributed by atoms with E-state index in [1.807, 2.05) is 56.3 Å². The molecule has 0 spiro atoms. The fraction of sp³-hybridized carbons (Fsp3) is 0.250. The van der Waals surface area contributed by atoms with Crippen LogP contribution in [0.2, 0.25) is 0 Å². The zero-order chi connectivity index (χ0) is 18.5. The van der Waals surface area contributed by atoms with Crippen molar-refractivity contribution in [2.24, 2.45) is 0 Å². The van der Waals surface area contributed by atoms with Crippen molar-refractivity contribution in [1.29, 1.82) is 0 Å². The molecule has 26 heavy (non-hydrogen) atoms. The highest BCUT2D eigenvalue weighted by Gasteiger charge is 2.08. The van der Waals surface area contributed by atoms with Crippen molar-refractivity contribution in [2.45, 2.75) is 33.1 Å². The Morgan fingerprint density at radius 1 is 1.04 bits per heavy atom. The van der Waals surface area contributed by atoms with Crippen LogP contribution in [0.15, 0.2) is 42.5 Å². The van der Waals surface area contributed by atoms with E-state index >= 15 is 0 Å². The highest BCUT2D eigenvalue weighted by Crippen LogP contribution is 2.27. The third kappa shape index (κ3) is 4.67. The molecule has 3 aromatic rings. The van der Waals surface area contributed by atoms with Gasteiger partial charge < -0.3 is 10.6 Å². The number of thiazole rings is 1. The summed E-state index contributed by atoms with van der Waals surface area (Å²) in [5.41, 5.74) is 3.91. The Morgan fingerprint density at radius 3 is 2.54 bits per heavy atom. The molecule has 5 nitrogen and oxygen atoms in total. The number of carbonyl (C=O) groups excluding carboxylic acids is 2. The summed E-state index contributed by atoms with van der Waals surface area (Å²) < 4.78 is 1.01. The number of benzene rings is 2. The molecule has 2 aromatic carbocycles. The molecule has 2 N–H and O–H groups in total. The number of rotatable bonds is 6. The molecule has 0 atom stereocenters. The number of aryl methyl sites for hydroxylation is 2. The van der Waals surface area contributed by atoms with Gasteiger partial charge in [-0.05, 0) is 43.2 Å². The van der Waals surface area contributed by atoms with Crippen LogP contribution in [0, 0.1) is 6.92 Å². The van der Waals surface area contributed by atoms with Crippen molar-refractivity contribution < 1.29 is 9.59 Å². The summed E-state index contributed by atoms with van der Waals surface area (Å²) in [5.74, 6) is -0.0498. The first-order chi connectivity index (χ1) is 12.5. The smallest absolute Gasteiger partial charge is 0.225 e. The lowest BCUT2D eigenvalue weighted by atomic mass is 10.1. The maximum absolute atomic E-state index is 12.1. The summed E-state index contributed by atoms with van der Waals surface area (Å²) in [6, 6.07) is 13.7. The Morgan fingerprint density at radius 2 is 1.81 bits per heavy atom. The molecular weight excluding hydrogens is 346 g/mol. The quantitative estimate of drug-likeness (QED) is 0.673. The van der Waals surface area contributed by atoms with Crippen LogP contribution in [0.3, 0.4) is 0 Å². The van der Waals surface area contributed by atoms with Crippen LogP contribution in [0.4, 0.5) is 10.8 Å². The Kier molecular flexibility index (Phi) is 5.63. The summed E-state index contributed by atoms with van der Waals surface area (Å²) in [6.45, 7) is 3.82. The number of anilines is 2. The molecule has 3 rings (SSSR count). The van der Waals surface area contributed by atoms with Crippen molar-refractivity contribution in [3.8, 4) is 0 Å². The molecule has 0 saturated heterocycles. The van der Waals surface area contributed by atoms with E-state index in [-0.39, 0.29) is 11.8 Å². The minimum absolute atomic E-state index is 0.00541. The average molecular weight is 367 g/mol. The Bertz CT molecular complexity index is 932. The number of hydrogen-bond acceptors (Lipinski definition) is 4. The predicted molar refractivity (Wildman–Crippen MR) is 107 cm³/mol. The van der Waals surface area contributed by atoms with E-state index in [0.717, 1.165) is 27.0 Å². The van der Waals surface area contributed by atoms with E-state index in [1.54, 1.807) is 0 Å². The standard InChI is InChI=1S/C20H21N3O2S/c1-3-18(24)23-20-22-16-10-6-14(12-17(16)26-20)7-11-19(25)21-15-8-4-13(2)5-9-15/h4-6,8-10,12H,3,7,11H2,1-2H3,(H,21,25)(H,22,23,24). The van der Waals surface area contributed by atoms with Gasteiger partial charge in [-0.25, -0.2) is 4.98 Å². The Balaban J connectivity index is 1.60. The summed E-state index contributed by atoms with van der Waals surface area (Å²) in [5, 5.41) is 6.31. The van der Waals surface area contributed by atoms with Gasteiger partial charge in [0.05, 0.1) is 10.2 Å². The van der Waals surface area contributed by atoms with Crippen LogP contribution >= 0.6 is 11.3 Å². The molecule has 0 aliphatic heterocycles. The van der Waals surface area contributed by atoms with Crippen LogP contribution in [0.25, 0.3) is 10.2 Å². The van der Waals surface area contributed by atoms with Gasteiger partial charge in [-0.2, -0.15) is 0 Å². The summed E-state index contributed by atoms with van der Waals surface area (Å²) >= 11 is 1.45. The van der Waals surface area contributed by atoms with Gasteiger partial charge in [0.2, 0.25) is 11.8 Å². The van der Waals surface area contributed by atoms with E-state index in [4.69, 9.17) is 0 Å². The minimum Gasteiger partial charge on any atom is -0.326 e. The number of fused-ring (bicyclic) bond motifs is 1. The zero-order valence-electron chi connectivity index (χ0n) is 14.8. The summed E-state index contributed by atoms with van der Waals surface area (Å²) in [7, 11) is 0. The molecule has 6 heteroatoms. The molecular formula is C20H21N3O2S. The molecule has 1 heterocycles. The second-order valence-electron chi connectivity index (χ2n) is 6.14. The lowest BCUT2D eigenvalue weighted by molar-refractivity contribution is -0.116. The third-order valence-electron chi connectivity index (χ3n) is 4.00. The Labute approximate surface area is 156 Å². The van der Waals surface area contributed by atoms with E-state index < -0.39 is 0 Å². The van der Waals surface area contributed by atoms with Gasteiger partial charge in [-0.1, -0.05) is 42.0 Å². The van der Waals surface area contributed by atoms with Crippen LogP contribution in [-0.4, -0.2) is 16.8 Å². The number of aromatic nitrogens is 1. The van der Waals surface area contributed by atoms with Crippen molar-refractivity contribution in [3.05, 3.63) is 53.6 Å². The molecule has 2 amide bonds. The van der Waals surface area contributed by atoms with Gasteiger partial charge in [0.1, 0.15) is 0 Å². The maximum Gasteiger partial charge on any atom is 0.225 e. The maximum atomic E-state index is 12.1. The molecule has 0 fully saturated rings. The molecule has 0 unspecified atom stereocenters. The normalized spacial score (nSPS) is 10.7. The van der Waals surface area contributed by atoms with Gasteiger partial charge >= 0.3 is 0 Å². The lowest BCUT2D eigenvalue weighted by Gasteiger charge is -2.06. The van der Waals surface area contributed by atoms with Crippen LogP contribution in [-0.2, 0) is 16.0 Å². The predicted octanol–water partition coefficient (Wildman–Crippen LogP) is 4.52. The summed E-state index contributed by atoms with van der Waals surface area (Å²) in [6.07, 6.45) is 1.50. The third-order valence-corrected chi connectivity index (χ3v) is 4.93. The van der Waals surface area contributed by atoms with Gasteiger partial charge in [0.25, 0.3) is 0 Å². The monoisotopic (exact) mass is 367 g/mol. The molecule has 0 aliphatic carbocycles. The van der Waals surface area contributed by atoms with E-state index in [0.29, 0.717) is 24.4 Å².